The van der Waals surface area contributed by atoms with Crippen molar-refractivity contribution in [2.24, 2.45) is 5.92 Å². The van der Waals surface area contributed by atoms with Crippen molar-refractivity contribution in [3.05, 3.63) is 0 Å². The van der Waals surface area contributed by atoms with Crippen LogP contribution in [-0.2, 0) is 10.0 Å². The Bertz CT molecular complexity index is 338. The van der Waals surface area contributed by atoms with Crippen molar-refractivity contribution in [2.75, 3.05) is 26.2 Å². The van der Waals surface area contributed by atoms with Crippen LogP contribution in [0.1, 0.15) is 19.8 Å². The Morgan fingerprint density at radius 1 is 1.38 bits per heavy atom. The van der Waals surface area contributed by atoms with Gasteiger partial charge in [-0.2, -0.15) is 4.31 Å². The summed E-state index contributed by atoms with van der Waals surface area (Å²) in [5.74, 6) is 0.202. The number of sulfonamides is 1. The van der Waals surface area contributed by atoms with E-state index in [9.17, 15) is 13.5 Å². The summed E-state index contributed by atoms with van der Waals surface area (Å²) < 4.78 is 25.9. The predicted octanol–water partition coefficient (Wildman–Crippen LogP) is -0.619. The molecule has 16 heavy (non-hydrogen) atoms. The summed E-state index contributed by atoms with van der Waals surface area (Å²) in [5.41, 5.74) is 0. The first-order chi connectivity index (χ1) is 7.51. The quantitative estimate of drug-likeness (QED) is 0.683. The van der Waals surface area contributed by atoms with Gasteiger partial charge in [0, 0.05) is 19.6 Å². The first-order valence-electron chi connectivity index (χ1n) is 5.89. The maximum Gasteiger partial charge on any atom is 0.218 e. The average molecular weight is 248 g/mol. The van der Waals surface area contributed by atoms with Gasteiger partial charge in [0.15, 0.2) is 0 Å². The third kappa shape index (κ3) is 2.25. The van der Waals surface area contributed by atoms with Gasteiger partial charge in [0.1, 0.15) is 0 Å². The number of piperidine rings is 1. The zero-order chi connectivity index (χ0) is 11.8. The SMILES string of the molecule is CC1CCN(S(=O)(=O)C2CCNC2)CC1O. The fourth-order valence-corrected chi connectivity index (χ4v) is 4.23. The normalized spacial score (nSPS) is 37.8. The third-order valence-electron chi connectivity index (χ3n) is 3.68. The highest BCUT2D eigenvalue weighted by Gasteiger charge is 2.37. The standard InChI is InChI=1S/C10H20N2O3S/c1-8-3-5-12(7-10(8)13)16(14,15)9-2-4-11-6-9/h8-11,13H,2-7H2,1H3. The molecule has 0 bridgehead atoms. The van der Waals surface area contributed by atoms with E-state index in [4.69, 9.17) is 0 Å². The van der Waals surface area contributed by atoms with Gasteiger partial charge < -0.3 is 10.4 Å². The van der Waals surface area contributed by atoms with E-state index in [2.05, 4.69) is 5.32 Å². The Labute approximate surface area is 96.9 Å². The molecule has 0 spiro atoms. The molecule has 2 saturated heterocycles. The summed E-state index contributed by atoms with van der Waals surface area (Å²) in [6.07, 6.45) is 0.920. The van der Waals surface area contributed by atoms with Crippen LogP contribution in [0.4, 0.5) is 0 Å². The Morgan fingerprint density at radius 2 is 2.12 bits per heavy atom. The number of nitrogens with zero attached hydrogens (tertiary/aromatic N) is 1. The highest BCUT2D eigenvalue weighted by Crippen LogP contribution is 2.23. The van der Waals surface area contributed by atoms with Crippen molar-refractivity contribution in [1.29, 1.82) is 0 Å². The molecule has 2 aliphatic rings. The van der Waals surface area contributed by atoms with E-state index in [1.165, 1.54) is 4.31 Å². The minimum absolute atomic E-state index is 0.202. The van der Waals surface area contributed by atoms with Gasteiger partial charge in [-0.15, -0.1) is 0 Å². The lowest BCUT2D eigenvalue weighted by molar-refractivity contribution is 0.0602. The van der Waals surface area contributed by atoms with Crippen LogP contribution in [0.2, 0.25) is 0 Å². The molecule has 3 unspecified atom stereocenters. The molecule has 0 saturated carbocycles. The lowest BCUT2D eigenvalue weighted by atomic mass is 9.98. The molecule has 94 valence electrons. The first-order valence-corrected chi connectivity index (χ1v) is 7.40. The summed E-state index contributed by atoms with van der Waals surface area (Å²) in [6.45, 7) is 4.10. The van der Waals surface area contributed by atoms with Crippen molar-refractivity contribution < 1.29 is 13.5 Å². The minimum Gasteiger partial charge on any atom is -0.391 e. The Balaban J connectivity index is 2.06. The van der Waals surface area contributed by atoms with E-state index < -0.39 is 16.1 Å². The number of β-amino-alcohol motifs (C(OH)–C–C–N with tert-alkyl or cyclic N) is 1. The van der Waals surface area contributed by atoms with Crippen LogP contribution >= 0.6 is 0 Å². The predicted molar refractivity (Wildman–Crippen MR) is 61.6 cm³/mol. The molecule has 2 rings (SSSR count). The fraction of sp³-hybridized carbons (Fsp3) is 1.00. The van der Waals surface area contributed by atoms with Gasteiger partial charge in [-0.3, -0.25) is 0 Å². The fourth-order valence-electron chi connectivity index (χ4n) is 2.34. The van der Waals surface area contributed by atoms with Gasteiger partial charge in [-0.05, 0) is 25.3 Å². The van der Waals surface area contributed by atoms with E-state index in [0.717, 1.165) is 13.0 Å². The summed E-state index contributed by atoms with van der Waals surface area (Å²) in [5, 5.41) is 12.5. The Hall–Kier alpha value is -0.170. The number of aliphatic hydroxyl groups is 1. The molecular weight excluding hydrogens is 228 g/mol. The summed E-state index contributed by atoms with van der Waals surface area (Å²) >= 11 is 0. The second kappa shape index (κ2) is 4.60. The van der Waals surface area contributed by atoms with E-state index >= 15 is 0 Å². The monoisotopic (exact) mass is 248 g/mol. The van der Waals surface area contributed by atoms with Crippen molar-refractivity contribution >= 4 is 10.0 Å². The third-order valence-corrected chi connectivity index (χ3v) is 5.97. The maximum atomic E-state index is 12.2. The van der Waals surface area contributed by atoms with Crippen LogP contribution in [-0.4, -0.2) is 55.4 Å². The largest absolute Gasteiger partial charge is 0.391 e. The lowest BCUT2D eigenvalue weighted by Crippen LogP contribution is -2.49. The zero-order valence-corrected chi connectivity index (χ0v) is 10.4. The molecule has 0 aromatic carbocycles. The molecule has 6 heteroatoms. The highest BCUT2D eigenvalue weighted by atomic mass is 32.2. The van der Waals surface area contributed by atoms with Gasteiger partial charge in [0.2, 0.25) is 10.0 Å². The van der Waals surface area contributed by atoms with Crippen LogP contribution in [0.25, 0.3) is 0 Å². The van der Waals surface area contributed by atoms with Gasteiger partial charge in [0.05, 0.1) is 11.4 Å². The van der Waals surface area contributed by atoms with E-state index in [-0.39, 0.29) is 17.7 Å². The lowest BCUT2D eigenvalue weighted by Gasteiger charge is -2.34. The second-order valence-electron chi connectivity index (χ2n) is 4.85. The number of rotatable bonds is 2. The van der Waals surface area contributed by atoms with Gasteiger partial charge >= 0.3 is 0 Å². The highest BCUT2D eigenvalue weighted by molar-refractivity contribution is 7.89. The molecule has 5 nitrogen and oxygen atoms in total. The smallest absolute Gasteiger partial charge is 0.218 e. The van der Waals surface area contributed by atoms with Crippen molar-refractivity contribution in [3.8, 4) is 0 Å². The van der Waals surface area contributed by atoms with Gasteiger partial charge in [-0.25, -0.2) is 8.42 Å². The molecule has 2 heterocycles. The topological polar surface area (TPSA) is 69.6 Å². The van der Waals surface area contributed by atoms with Crippen LogP contribution in [0.3, 0.4) is 0 Å². The molecule has 0 amide bonds. The van der Waals surface area contributed by atoms with E-state index in [1.54, 1.807) is 0 Å². The summed E-state index contributed by atoms with van der Waals surface area (Å²) in [7, 11) is -3.21. The van der Waals surface area contributed by atoms with Crippen LogP contribution in [0, 0.1) is 5.92 Å². The molecule has 2 fully saturated rings. The number of hydrogen-bond donors (Lipinski definition) is 2. The van der Waals surface area contributed by atoms with Gasteiger partial charge in [0.25, 0.3) is 0 Å². The molecular formula is C10H20N2O3S. The Kier molecular flexibility index (Phi) is 3.53. The van der Waals surface area contributed by atoms with E-state index in [0.29, 0.717) is 19.5 Å². The second-order valence-corrected chi connectivity index (χ2v) is 7.06. The minimum atomic E-state index is -3.21. The van der Waals surface area contributed by atoms with Crippen molar-refractivity contribution in [1.82, 2.24) is 9.62 Å². The van der Waals surface area contributed by atoms with Crippen LogP contribution < -0.4 is 5.32 Å². The molecule has 2 N–H and O–H groups in total. The molecule has 2 aliphatic heterocycles. The van der Waals surface area contributed by atoms with Gasteiger partial charge in [-0.1, -0.05) is 6.92 Å². The van der Waals surface area contributed by atoms with Crippen LogP contribution in [0.5, 0.6) is 0 Å². The molecule has 0 aromatic heterocycles. The molecule has 0 aliphatic carbocycles. The van der Waals surface area contributed by atoms with E-state index in [1.807, 2.05) is 6.92 Å². The van der Waals surface area contributed by atoms with Crippen molar-refractivity contribution in [2.45, 2.75) is 31.1 Å². The zero-order valence-electron chi connectivity index (χ0n) is 9.59. The first kappa shape index (κ1) is 12.3. The summed E-state index contributed by atoms with van der Waals surface area (Å²) in [4.78, 5) is 0. The number of aliphatic hydroxyl groups excluding tert-OH is 1. The Morgan fingerprint density at radius 3 is 2.69 bits per heavy atom. The average Bonchev–Trinajstić information content (AvgIpc) is 2.75. The maximum absolute atomic E-state index is 12.2. The molecule has 0 radical (unpaired) electrons. The number of hydrogen-bond acceptors (Lipinski definition) is 4. The van der Waals surface area contributed by atoms with Crippen LogP contribution in [0.15, 0.2) is 0 Å². The van der Waals surface area contributed by atoms with Crippen molar-refractivity contribution in [3.63, 3.8) is 0 Å². The molecule has 0 aromatic rings. The summed E-state index contributed by atoms with van der Waals surface area (Å²) in [6, 6.07) is 0. The number of nitrogens with one attached hydrogen (secondary N) is 1. The molecule has 3 atom stereocenters.